The van der Waals surface area contributed by atoms with Crippen LogP contribution in [0.2, 0.25) is 0 Å². The molecule has 1 amide bonds. The lowest BCUT2D eigenvalue weighted by Crippen LogP contribution is -2.26. The average Bonchev–Trinajstić information content (AvgIpc) is 3.35. The summed E-state index contributed by atoms with van der Waals surface area (Å²) < 4.78 is 12.4. The first-order chi connectivity index (χ1) is 14.6. The summed E-state index contributed by atoms with van der Waals surface area (Å²) >= 11 is 0. The molecule has 1 N–H and O–H groups in total. The van der Waals surface area contributed by atoms with Gasteiger partial charge in [0, 0.05) is 24.0 Å². The molecule has 1 aromatic heterocycles. The highest BCUT2D eigenvalue weighted by Crippen LogP contribution is 2.39. The fourth-order valence-corrected chi connectivity index (χ4v) is 3.56. The van der Waals surface area contributed by atoms with Gasteiger partial charge in [-0.25, -0.2) is 0 Å². The lowest BCUT2D eigenvalue weighted by molar-refractivity contribution is 0.0994. The summed E-state index contributed by atoms with van der Waals surface area (Å²) in [4.78, 5) is 14.8. The molecule has 2 heterocycles. The van der Waals surface area contributed by atoms with Crippen molar-refractivity contribution in [2.45, 2.75) is 20.4 Å². The predicted molar refractivity (Wildman–Crippen MR) is 113 cm³/mol. The molecule has 8 heteroatoms. The van der Waals surface area contributed by atoms with Gasteiger partial charge in [-0.1, -0.05) is 32.0 Å². The van der Waals surface area contributed by atoms with Crippen LogP contribution in [0, 0.1) is 0 Å². The zero-order valence-corrected chi connectivity index (χ0v) is 17.0. The Bertz CT molecular complexity index is 1100. The highest BCUT2D eigenvalue weighted by molar-refractivity contribution is 5.97. The van der Waals surface area contributed by atoms with Gasteiger partial charge in [-0.05, 0) is 37.4 Å². The first-order valence-electron chi connectivity index (χ1n) is 10.0. The summed E-state index contributed by atoms with van der Waals surface area (Å²) in [6.45, 7) is 7.64. The van der Waals surface area contributed by atoms with Crippen molar-refractivity contribution in [1.82, 2.24) is 9.47 Å². The minimum atomic E-state index is -0.521. The van der Waals surface area contributed by atoms with Crippen molar-refractivity contribution < 1.29 is 19.4 Å². The van der Waals surface area contributed by atoms with E-state index in [9.17, 15) is 9.90 Å². The Hall–Kier alpha value is -3.39. The van der Waals surface area contributed by atoms with Crippen molar-refractivity contribution >= 4 is 22.5 Å². The first-order valence-corrected chi connectivity index (χ1v) is 10.0. The van der Waals surface area contributed by atoms with Crippen LogP contribution in [0.15, 0.2) is 52.7 Å². The van der Waals surface area contributed by atoms with E-state index in [4.69, 9.17) is 9.47 Å². The summed E-state index contributed by atoms with van der Waals surface area (Å²) in [6, 6.07) is 12.4. The van der Waals surface area contributed by atoms with E-state index in [2.05, 4.69) is 29.0 Å². The predicted octanol–water partition coefficient (Wildman–Crippen LogP) is 4.34. The quantitative estimate of drug-likeness (QED) is 0.588. The van der Waals surface area contributed by atoms with Crippen LogP contribution in [-0.2, 0) is 6.54 Å². The third kappa shape index (κ3) is 3.73. The van der Waals surface area contributed by atoms with Crippen LogP contribution in [0.25, 0.3) is 10.9 Å². The number of aromatic hydroxyl groups is 1. The molecule has 0 fully saturated rings. The molecule has 0 spiro atoms. The highest BCUT2D eigenvalue weighted by Gasteiger charge is 2.19. The zero-order valence-electron chi connectivity index (χ0n) is 17.0. The number of azo groups is 1. The summed E-state index contributed by atoms with van der Waals surface area (Å²) in [5.74, 6) is 0.586. The normalized spacial score (nSPS) is 13.0. The van der Waals surface area contributed by atoms with Gasteiger partial charge in [0.05, 0.1) is 5.52 Å². The standard InChI is InChI=1S/C22H24N4O4/c1-3-25(4-2)11-12-26-17-8-6-5-7-16(17)20(22(26)28)23-24-21(27)15-9-10-18-19(13-15)30-14-29-18/h5-10,13,28H,3-4,11-12,14H2,1-2H3. The molecule has 0 bridgehead atoms. The first kappa shape index (κ1) is 19.9. The van der Waals surface area contributed by atoms with Crippen molar-refractivity contribution in [3.8, 4) is 17.4 Å². The Morgan fingerprint density at radius 2 is 1.90 bits per heavy atom. The van der Waals surface area contributed by atoms with E-state index in [0.29, 0.717) is 29.3 Å². The summed E-state index contributed by atoms with van der Waals surface area (Å²) in [7, 11) is 0. The van der Waals surface area contributed by atoms with E-state index in [0.717, 1.165) is 30.5 Å². The van der Waals surface area contributed by atoms with Crippen LogP contribution in [-0.4, -0.2) is 46.9 Å². The number of benzene rings is 2. The molecule has 0 radical (unpaired) electrons. The Labute approximate surface area is 174 Å². The maximum atomic E-state index is 12.5. The number of aromatic nitrogens is 1. The molecule has 1 aliphatic rings. The van der Waals surface area contributed by atoms with E-state index in [1.165, 1.54) is 0 Å². The highest BCUT2D eigenvalue weighted by atomic mass is 16.7. The summed E-state index contributed by atoms with van der Waals surface area (Å²) in [6.07, 6.45) is 0. The second-order valence-corrected chi connectivity index (χ2v) is 6.94. The maximum absolute atomic E-state index is 12.5. The van der Waals surface area contributed by atoms with Crippen molar-refractivity contribution in [2.24, 2.45) is 10.2 Å². The molecule has 156 valence electrons. The van der Waals surface area contributed by atoms with E-state index >= 15 is 0 Å². The minimum absolute atomic E-state index is 0.00518. The number of ether oxygens (including phenoxy) is 2. The van der Waals surface area contributed by atoms with Crippen molar-refractivity contribution in [1.29, 1.82) is 0 Å². The zero-order chi connectivity index (χ0) is 21.1. The number of fused-ring (bicyclic) bond motifs is 2. The Morgan fingerprint density at radius 3 is 2.70 bits per heavy atom. The fraction of sp³-hybridized carbons (Fsp3) is 0.318. The number of carbonyl (C=O) groups is 1. The molecule has 3 aromatic rings. The van der Waals surface area contributed by atoms with Gasteiger partial charge in [0.1, 0.15) is 0 Å². The van der Waals surface area contributed by atoms with Gasteiger partial charge in [0.15, 0.2) is 17.2 Å². The van der Waals surface area contributed by atoms with Gasteiger partial charge < -0.3 is 24.0 Å². The number of hydrogen-bond donors (Lipinski definition) is 1. The molecule has 0 aliphatic carbocycles. The van der Waals surface area contributed by atoms with E-state index < -0.39 is 5.91 Å². The van der Waals surface area contributed by atoms with Crippen LogP contribution in [0.4, 0.5) is 5.69 Å². The minimum Gasteiger partial charge on any atom is -0.493 e. The number of nitrogens with zero attached hydrogens (tertiary/aromatic N) is 4. The van der Waals surface area contributed by atoms with Crippen LogP contribution in [0.1, 0.15) is 24.2 Å². The molecule has 0 saturated carbocycles. The van der Waals surface area contributed by atoms with Gasteiger partial charge in [-0.2, -0.15) is 0 Å². The van der Waals surface area contributed by atoms with Gasteiger partial charge in [-0.3, -0.25) is 4.79 Å². The lowest BCUT2D eigenvalue weighted by atomic mass is 10.2. The van der Waals surface area contributed by atoms with Crippen LogP contribution < -0.4 is 9.47 Å². The average molecular weight is 408 g/mol. The van der Waals surface area contributed by atoms with Crippen LogP contribution in [0.5, 0.6) is 17.4 Å². The van der Waals surface area contributed by atoms with Gasteiger partial charge >= 0.3 is 0 Å². The van der Waals surface area contributed by atoms with E-state index in [-0.39, 0.29) is 12.7 Å². The molecule has 0 unspecified atom stereocenters. The third-order valence-electron chi connectivity index (χ3n) is 5.31. The number of likely N-dealkylation sites (N-methyl/N-ethyl adjacent to an activating group) is 1. The number of hydrogen-bond acceptors (Lipinski definition) is 6. The van der Waals surface area contributed by atoms with Gasteiger partial charge in [-0.15, -0.1) is 10.2 Å². The van der Waals surface area contributed by atoms with Gasteiger partial charge in [0.2, 0.25) is 12.7 Å². The largest absolute Gasteiger partial charge is 0.493 e. The molecule has 0 saturated heterocycles. The number of carbonyl (C=O) groups excluding carboxylic acids is 1. The van der Waals surface area contributed by atoms with Crippen molar-refractivity contribution in [3.05, 3.63) is 48.0 Å². The maximum Gasteiger partial charge on any atom is 0.295 e. The summed E-state index contributed by atoms with van der Waals surface area (Å²) in [5, 5.41) is 19.5. The number of rotatable bonds is 7. The Morgan fingerprint density at radius 1 is 1.13 bits per heavy atom. The second kappa shape index (κ2) is 8.54. The number of para-hydroxylation sites is 1. The van der Waals surface area contributed by atoms with E-state index in [1.54, 1.807) is 18.2 Å². The van der Waals surface area contributed by atoms with Crippen LogP contribution >= 0.6 is 0 Å². The van der Waals surface area contributed by atoms with Crippen molar-refractivity contribution in [2.75, 3.05) is 26.4 Å². The summed E-state index contributed by atoms with van der Waals surface area (Å²) in [5.41, 5.74) is 1.48. The smallest absolute Gasteiger partial charge is 0.295 e. The monoisotopic (exact) mass is 408 g/mol. The lowest BCUT2D eigenvalue weighted by Gasteiger charge is -2.18. The van der Waals surface area contributed by atoms with Gasteiger partial charge in [0.25, 0.3) is 5.91 Å². The molecule has 4 rings (SSSR count). The van der Waals surface area contributed by atoms with Crippen LogP contribution in [0.3, 0.4) is 0 Å². The number of amides is 1. The third-order valence-corrected chi connectivity index (χ3v) is 5.31. The molecule has 1 aliphatic heterocycles. The fourth-order valence-electron chi connectivity index (χ4n) is 3.56. The molecule has 0 atom stereocenters. The van der Waals surface area contributed by atoms with Crippen molar-refractivity contribution in [3.63, 3.8) is 0 Å². The molecular formula is C22H24N4O4. The molecular weight excluding hydrogens is 384 g/mol. The SMILES string of the molecule is CCN(CC)CCn1c(O)c(N=NC(=O)c2ccc3c(c2)OCO3)c2ccccc21. The Kier molecular flexibility index (Phi) is 5.67. The second-order valence-electron chi connectivity index (χ2n) is 6.94. The Balaban J connectivity index is 1.62. The topological polar surface area (TPSA) is 88.7 Å². The molecule has 8 nitrogen and oxygen atoms in total. The molecule has 30 heavy (non-hydrogen) atoms. The van der Waals surface area contributed by atoms with E-state index in [1.807, 2.05) is 28.8 Å². The molecule has 2 aromatic carbocycles.